The minimum Gasteiger partial charge on any atom is -0.384 e. The summed E-state index contributed by atoms with van der Waals surface area (Å²) in [4.78, 5) is 33.7. The number of pyridine rings is 1. The van der Waals surface area contributed by atoms with E-state index in [1.165, 1.54) is 10.7 Å². The van der Waals surface area contributed by atoms with Crippen LogP contribution in [0.15, 0.2) is 88.8 Å². The number of amides is 1. The van der Waals surface area contributed by atoms with E-state index in [0.29, 0.717) is 22.9 Å². The summed E-state index contributed by atoms with van der Waals surface area (Å²) < 4.78 is 1.35. The molecular formula is C26H24N6O2. The van der Waals surface area contributed by atoms with E-state index in [0.717, 1.165) is 22.4 Å². The third-order valence-corrected chi connectivity index (χ3v) is 5.17. The summed E-state index contributed by atoms with van der Waals surface area (Å²) in [6.45, 7) is 3.92. The number of nitrogens with zero attached hydrogens (tertiary/aromatic N) is 4. The number of rotatable bonds is 5. The topological polar surface area (TPSA) is 115 Å². The van der Waals surface area contributed by atoms with E-state index in [1.807, 2.05) is 37.3 Å². The minimum absolute atomic E-state index is 0.215. The molecule has 2 aromatic heterocycles. The quantitative estimate of drug-likeness (QED) is 0.354. The number of amidine groups is 1. The number of carbonyl (C=O) groups is 1. The Balaban J connectivity index is 1.52. The zero-order valence-corrected chi connectivity index (χ0v) is 18.9. The Morgan fingerprint density at radius 1 is 1.06 bits per heavy atom. The van der Waals surface area contributed by atoms with Crippen LogP contribution >= 0.6 is 0 Å². The lowest BCUT2D eigenvalue weighted by Gasteiger charge is -2.10. The standard InChI is InChI=1S/C26H24N6O2/c1-17-6-3-4-9-22(17)29-18(2)30-26(34)20-8-5-7-19(14-20)16-32-25(33)13-11-23(31-32)21-10-12-24(27)28-15-21/h3-15H,16H2,1-2H3,(H2,27,28)(H,29,30,34). The maximum Gasteiger partial charge on any atom is 0.267 e. The fourth-order valence-corrected chi connectivity index (χ4v) is 3.39. The number of hydrogen-bond donors (Lipinski definition) is 2. The van der Waals surface area contributed by atoms with E-state index in [9.17, 15) is 9.59 Å². The van der Waals surface area contributed by atoms with Gasteiger partial charge in [-0.1, -0.05) is 30.3 Å². The molecule has 8 nitrogen and oxygen atoms in total. The molecule has 4 aromatic rings. The van der Waals surface area contributed by atoms with Crippen LogP contribution in [-0.2, 0) is 6.54 Å². The van der Waals surface area contributed by atoms with Gasteiger partial charge in [0, 0.05) is 23.4 Å². The number of aryl methyl sites for hydroxylation is 1. The number of hydrogen-bond acceptors (Lipinski definition) is 6. The number of aromatic nitrogens is 3. The zero-order chi connectivity index (χ0) is 24.1. The summed E-state index contributed by atoms with van der Waals surface area (Å²) in [7, 11) is 0. The lowest BCUT2D eigenvalue weighted by atomic mass is 10.1. The van der Waals surface area contributed by atoms with Crippen molar-refractivity contribution in [3.05, 3.63) is 106 Å². The Morgan fingerprint density at radius 3 is 2.65 bits per heavy atom. The summed E-state index contributed by atoms with van der Waals surface area (Å²) in [6.07, 6.45) is 1.61. The molecule has 0 radical (unpaired) electrons. The van der Waals surface area contributed by atoms with Gasteiger partial charge >= 0.3 is 0 Å². The number of carbonyl (C=O) groups excluding carboxylic acids is 1. The Labute approximate surface area is 196 Å². The molecule has 0 atom stereocenters. The van der Waals surface area contributed by atoms with Gasteiger partial charge in [0.2, 0.25) is 0 Å². The van der Waals surface area contributed by atoms with Crippen LogP contribution in [0.25, 0.3) is 11.3 Å². The number of nitrogens with two attached hydrogens (primary N) is 1. The molecule has 170 valence electrons. The zero-order valence-electron chi connectivity index (χ0n) is 18.9. The molecule has 0 unspecified atom stereocenters. The van der Waals surface area contributed by atoms with E-state index in [1.54, 1.807) is 49.5 Å². The van der Waals surface area contributed by atoms with Crippen molar-refractivity contribution < 1.29 is 4.79 Å². The minimum atomic E-state index is -0.279. The van der Waals surface area contributed by atoms with Crippen molar-refractivity contribution in [2.75, 3.05) is 5.73 Å². The average Bonchev–Trinajstić information content (AvgIpc) is 2.83. The molecule has 2 heterocycles. The van der Waals surface area contributed by atoms with Crippen LogP contribution in [0.2, 0.25) is 0 Å². The first-order valence-electron chi connectivity index (χ1n) is 10.7. The van der Waals surface area contributed by atoms with Crippen LogP contribution < -0.4 is 16.6 Å². The van der Waals surface area contributed by atoms with Gasteiger partial charge in [-0.25, -0.2) is 14.7 Å². The van der Waals surface area contributed by atoms with Crippen molar-refractivity contribution in [3.8, 4) is 11.3 Å². The fraction of sp³-hybridized carbons (Fsp3) is 0.115. The van der Waals surface area contributed by atoms with Gasteiger partial charge in [-0.05, 0) is 61.4 Å². The maximum atomic E-state index is 12.8. The SMILES string of the molecule is CC(=Nc1ccccc1C)NC(=O)c1cccc(Cn2nc(-c3ccc(N)nc3)ccc2=O)c1. The summed E-state index contributed by atoms with van der Waals surface area (Å²) in [5, 5.41) is 7.27. The van der Waals surface area contributed by atoms with Crippen LogP contribution in [0.1, 0.15) is 28.4 Å². The van der Waals surface area contributed by atoms with Gasteiger partial charge in [0.05, 0.1) is 17.9 Å². The van der Waals surface area contributed by atoms with Crippen molar-refractivity contribution in [3.63, 3.8) is 0 Å². The first-order valence-corrected chi connectivity index (χ1v) is 10.7. The molecule has 2 aromatic carbocycles. The molecule has 4 rings (SSSR count). The number of para-hydroxylation sites is 1. The summed E-state index contributed by atoms with van der Waals surface area (Å²) in [5.74, 6) is 0.623. The Hall–Kier alpha value is -4.59. The highest BCUT2D eigenvalue weighted by molar-refractivity contribution is 6.06. The predicted octanol–water partition coefficient (Wildman–Crippen LogP) is 3.72. The van der Waals surface area contributed by atoms with Crippen LogP contribution in [-0.4, -0.2) is 26.5 Å². The summed E-state index contributed by atoms with van der Waals surface area (Å²) >= 11 is 0. The molecule has 0 aliphatic carbocycles. The van der Waals surface area contributed by atoms with Gasteiger partial charge in [0.1, 0.15) is 11.7 Å². The second kappa shape index (κ2) is 9.91. The molecule has 1 amide bonds. The second-order valence-corrected chi connectivity index (χ2v) is 7.82. The molecule has 0 saturated heterocycles. The molecule has 3 N–H and O–H groups in total. The largest absolute Gasteiger partial charge is 0.384 e. The molecular weight excluding hydrogens is 428 g/mol. The average molecular weight is 453 g/mol. The van der Waals surface area contributed by atoms with Crippen molar-refractivity contribution in [1.29, 1.82) is 0 Å². The van der Waals surface area contributed by atoms with Crippen LogP contribution in [0.3, 0.4) is 0 Å². The van der Waals surface area contributed by atoms with Crippen molar-refractivity contribution in [2.24, 2.45) is 4.99 Å². The Kier molecular flexibility index (Phi) is 6.59. The molecule has 0 aliphatic rings. The highest BCUT2D eigenvalue weighted by atomic mass is 16.1. The van der Waals surface area contributed by atoms with Gasteiger partial charge in [-0.3, -0.25) is 9.59 Å². The van der Waals surface area contributed by atoms with E-state index in [2.05, 4.69) is 20.4 Å². The highest BCUT2D eigenvalue weighted by Crippen LogP contribution is 2.17. The third kappa shape index (κ3) is 5.42. The number of benzene rings is 2. The highest BCUT2D eigenvalue weighted by Gasteiger charge is 2.10. The third-order valence-electron chi connectivity index (χ3n) is 5.17. The van der Waals surface area contributed by atoms with Crippen molar-refractivity contribution in [1.82, 2.24) is 20.1 Å². The lowest BCUT2D eigenvalue weighted by molar-refractivity contribution is 0.0976. The number of aliphatic imine (C=N–C) groups is 1. The van der Waals surface area contributed by atoms with E-state index in [4.69, 9.17) is 5.73 Å². The van der Waals surface area contributed by atoms with E-state index < -0.39 is 0 Å². The van der Waals surface area contributed by atoms with E-state index >= 15 is 0 Å². The summed E-state index contributed by atoms with van der Waals surface area (Å²) in [5.41, 5.74) is 9.80. The number of nitrogen functional groups attached to an aromatic ring is 1. The van der Waals surface area contributed by atoms with E-state index in [-0.39, 0.29) is 18.0 Å². The summed E-state index contributed by atoms with van der Waals surface area (Å²) in [6, 6.07) is 21.4. The first kappa shape index (κ1) is 22.6. The van der Waals surface area contributed by atoms with Gasteiger partial charge in [-0.15, -0.1) is 0 Å². The fourth-order valence-electron chi connectivity index (χ4n) is 3.39. The maximum absolute atomic E-state index is 12.8. The molecule has 34 heavy (non-hydrogen) atoms. The molecule has 0 spiro atoms. The lowest BCUT2D eigenvalue weighted by Crippen LogP contribution is -2.28. The Bertz CT molecular complexity index is 1420. The van der Waals surface area contributed by atoms with Crippen molar-refractivity contribution >= 4 is 23.2 Å². The van der Waals surface area contributed by atoms with Gasteiger partial charge in [-0.2, -0.15) is 5.10 Å². The molecule has 8 heteroatoms. The second-order valence-electron chi connectivity index (χ2n) is 7.82. The van der Waals surface area contributed by atoms with Crippen LogP contribution in [0.5, 0.6) is 0 Å². The van der Waals surface area contributed by atoms with Gasteiger partial charge in [0.25, 0.3) is 11.5 Å². The normalized spacial score (nSPS) is 11.3. The Morgan fingerprint density at radius 2 is 1.88 bits per heavy atom. The first-order chi connectivity index (χ1) is 16.4. The van der Waals surface area contributed by atoms with Crippen molar-refractivity contribution in [2.45, 2.75) is 20.4 Å². The monoisotopic (exact) mass is 452 g/mol. The molecule has 0 aliphatic heterocycles. The number of anilines is 1. The molecule has 0 saturated carbocycles. The van der Waals surface area contributed by atoms with Gasteiger partial charge < -0.3 is 11.1 Å². The molecule has 0 fully saturated rings. The predicted molar refractivity (Wildman–Crippen MR) is 133 cm³/mol. The van der Waals surface area contributed by atoms with Crippen LogP contribution in [0, 0.1) is 6.92 Å². The van der Waals surface area contributed by atoms with Gasteiger partial charge in [0.15, 0.2) is 0 Å². The van der Waals surface area contributed by atoms with Crippen LogP contribution in [0.4, 0.5) is 11.5 Å². The number of nitrogens with one attached hydrogen (secondary N) is 1. The smallest absolute Gasteiger partial charge is 0.267 e. The molecule has 0 bridgehead atoms.